The average molecular weight is 481 g/mol. The number of rotatable bonds is 10. The summed E-state index contributed by atoms with van der Waals surface area (Å²) in [7, 11) is 0. The van der Waals surface area contributed by atoms with Gasteiger partial charge in [0.05, 0.1) is 12.5 Å². The van der Waals surface area contributed by atoms with E-state index >= 15 is 0 Å². The summed E-state index contributed by atoms with van der Waals surface area (Å²) in [5, 5.41) is 23.5. The van der Waals surface area contributed by atoms with E-state index in [1.54, 1.807) is 0 Å². The summed E-state index contributed by atoms with van der Waals surface area (Å²) in [5.41, 5.74) is 4.51. The maximum Gasteiger partial charge on any atom is 0.407 e. The molecule has 1 unspecified atom stereocenters. The Morgan fingerprint density at radius 2 is 1.57 bits per heavy atom. The molecule has 4 N–H and O–H groups in total. The molecule has 2 atom stereocenters. The molecule has 2 aromatic carbocycles. The zero-order valence-electron chi connectivity index (χ0n) is 19.6. The highest BCUT2D eigenvalue weighted by Gasteiger charge is 2.31. The van der Waals surface area contributed by atoms with Crippen LogP contribution in [0.15, 0.2) is 48.5 Å². The molecule has 8 nitrogen and oxygen atoms in total. The summed E-state index contributed by atoms with van der Waals surface area (Å²) < 4.78 is 5.56. The number of aliphatic carboxylic acids is 1. The van der Waals surface area contributed by atoms with Crippen LogP contribution in [0.4, 0.5) is 4.79 Å². The number of carbonyl (C=O) groups excluding carboxylic acids is 2. The molecule has 0 aromatic heterocycles. The fourth-order valence-electron chi connectivity index (χ4n) is 5.26. The lowest BCUT2D eigenvalue weighted by molar-refractivity contribution is -0.143. The minimum atomic E-state index is -1.37. The van der Waals surface area contributed by atoms with Crippen LogP contribution in [0.1, 0.15) is 49.1 Å². The Bertz CT molecular complexity index is 1020. The van der Waals surface area contributed by atoms with Crippen molar-refractivity contribution in [1.29, 1.82) is 0 Å². The minimum Gasteiger partial charge on any atom is -0.480 e. The zero-order valence-corrected chi connectivity index (χ0v) is 19.6. The van der Waals surface area contributed by atoms with Crippen molar-refractivity contribution in [1.82, 2.24) is 10.6 Å². The third-order valence-corrected chi connectivity index (χ3v) is 7.10. The van der Waals surface area contributed by atoms with Crippen LogP contribution in [0, 0.1) is 11.8 Å². The number of amides is 2. The van der Waals surface area contributed by atoms with Gasteiger partial charge in [-0.25, -0.2) is 9.59 Å². The first-order valence-electron chi connectivity index (χ1n) is 12.2. The predicted octanol–water partition coefficient (Wildman–Crippen LogP) is 3.28. The first-order valence-corrected chi connectivity index (χ1v) is 12.2. The Morgan fingerprint density at radius 1 is 0.971 bits per heavy atom. The van der Waals surface area contributed by atoms with Crippen LogP contribution in [0.3, 0.4) is 0 Å². The average Bonchev–Trinajstić information content (AvgIpc) is 3.49. The van der Waals surface area contributed by atoms with E-state index in [1.807, 2.05) is 36.4 Å². The lowest BCUT2D eigenvalue weighted by atomic mass is 9.92. The number of nitrogens with one attached hydrogen (secondary N) is 2. The molecule has 1 fully saturated rings. The Kier molecular flexibility index (Phi) is 8.02. The standard InChI is InChI=1S/C27H32N2O6/c30-15-24(26(32)33)29-25(31)18(13-17-7-1-2-8-17)14-28-27(34)35-16-23-21-11-5-3-9-19(21)20-10-4-6-12-22(20)23/h3-6,9-12,17-18,23-24,30H,1-2,7-8,13-16H2,(H,28,34)(H,29,31)(H,32,33)/t18?,24-/m1/s1. The number of hydrogen-bond acceptors (Lipinski definition) is 5. The molecule has 1 saturated carbocycles. The van der Waals surface area contributed by atoms with E-state index in [0.717, 1.165) is 47.9 Å². The van der Waals surface area contributed by atoms with Crippen molar-refractivity contribution < 1.29 is 29.3 Å². The van der Waals surface area contributed by atoms with Gasteiger partial charge in [-0.1, -0.05) is 74.2 Å². The SMILES string of the molecule is O=C(NCC(CC1CCCC1)C(=O)N[C@H](CO)C(=O)O)OCC1c2ccccc2-c2ccccc21. The maximum absolute atomic E-state index is 12.8. The number of alkyl carbamates (subject to hydrolysis) is 1. The second-order valence-corrected chi connectivity index (χ2v) is 9.37. The maximum atomic E-state index is 12.8. The number of aliphatic hydroxyl groups is 1. The number of carbonyl (C=O) groups is 3. The molecular formula is C27H32N2O6. The van der Waals surface area contributed by atoms with Gasteiger partial charge in [0, 0.05) is 12.5 Å². The van der Waals surface area contributed by atoms with Crippen molar-refractivity contribution in [3.8, 4) is 11.1 Å². The van der Waals surface area contributed by atoms with E-state index in [4.69, 9.17) is 9.84 Å². The predicted molar refractivity (Wildman–Crippen MR) is 130 cm³/mol. The van der Waals surface area contributed by atoms with Crippen molar-refractivity contribution in [2.75, 3.05) is 19.8 Å². The highest BCUT2D eigenvalue weighted by molar-refractivity contribution is 5.85. The van der Waals surface area contributed by atoms with Gasteiger partial charge in [-0.15, -0.1) is 0 Å². The van der Waals surface area contributed by atoms with E-state index in [1.165, 1.54) is 0 Å². The third-order valence-electron chi connectivity index (χ3n) is 7.10. The molecule has 2 amide bonds. The molecule has 2 aliphatic carbocycles. The van der Waals surface area contributed by atoms with Crippen molar-refractivity contribution in [2.45, 2.75) is 44.1 Å². The molecule has 186 valence electrons. The molecule has 2 aliphatic rings. The van der Waals surface area contributed by atoms with Crippen molar-refractivity contribution >= 4 is 18.0 Å². The lowest BCUT2D eigenvalue weighted by Gasteiger charge is -2.22. The zero-order chi connectivity index (χ0) is 24.8. The third kappa shape index (κ3) is 5.82. The Labute approximate surface area is 204 Å². The lowest BCUT2D eigenvalue weighted by Crippen LogP contribution is -2.48. The van der Waals surface area contributed by atoms with E-state index < -0.39 is 36.5 Å². The molecule has 0 aliphatic heterocycles. The summed E-state index contributed by atoms with van der Waals surface area (Å²) in [6.45, 7) is -0.487. The first-order chi connectivity index (χ1) is 17.0. The molecule has 35 heavy (non-hydrogen) atoms. The molecule has 0 heterocycles. The van der Waals surface area contributed by atoms with Crippen LogP contribution in [0.25, 0.3) is 11.1 Å². The van der Waals surface area contributed by atoms with Gasteiger partial charge in [-0.05, 0) is 34.6 Å². The van der Waals surface area contributed by atoms with Crippen molar-refractivity contribution in [3.63, 3.8) is 0 Å². The second kappa shape index (κ2) is 11.4. The Balaban J connectivity index is 1.36. The molecule has 0 bridgehead atoms. The van der Waals surface area contributed by atoms with Gasteiger partial charge in [0.2, 0.25) is 5.91 Å². The fraction of sp³-hybridized carbons (Fsp3) is 0.444. The summed E-state index contributed by atoms with van der Waals surface area (Å²) in [6.07, 6.45) is 4.16. The number of carboxylic acids is 1. The van der Waals surface area contributed by atoms with Gasteiger partial charge < -0.3 is 25.6 Å². The summed E-state index contributed by atoms with van der Waals surface area (Å²) in [4.78, 5) is 36.6. The highest BCUT2D eigenvalue weighted by Crippen LogP contribution is 2.44. The van der Waals surface area contributed by atoms with E-state index in [9.17, 15) is 19.5 Å². The number of carboxylic acid groups (broad SMARTS) is 1. The van der Waals surface area contributed by atoms with Gasteiger partial charge >= 0.3 is 12.1 Å². The monoisotopic (exact) mass is 480 g/mol. The Hall–Kier alpha value is -3.39. The van der Waals surface area contributed by atoms with Crippen LogP contribution >= 0.6 is 0 Å². The van der Waals surface area contributed by atoms with Crippen LogP contribution in [-0.2, 0) is 14.3 Å². The smallest absolute Gasteiger partial charge is 0.407 e. The normalized spacial score (nSPS) is 16.7. The van der Waals surface area contributed by atoms with Gasteiger partial charge in [0.25, 0.3) is 0 Å². The van der Waals surface area contributed by atoms with Gasteiger partial charge in [0.1, 0.15) is 12.6 Å². The Morgan fingerprint density at radius 3 is 2.14 bits per heavy atom. The number of hydrogen-bond donors (Lipinski definition) is 4. The summed E-state index contributed by atoms with van der Waals surface area (Å²) in [5.74, 6) is -2.10. The molecule has 8 heteroatoms. The molecule has 0 spiro atoms. The molecule has 4 rings (SSSR count). The van der Waals surface area contributed by atoms with Crippen molar-refractivity contribution in [2.24, 2.45) is 11.8 Å². The molecule has 0 radical (unpaired) electrons. The topological polar surface area (TPSA) is 125 Å². The number of fused-ring (bicyclic) bond motifs is 3. The van der Waals surface area contributed by atoms with Crippen molar-refractivity contribution in [3.05, 3.63) is 59.7 Å². The number of ether oxygens (including phenoxy) is 1. The minimum absolute atomic E-state index is 0.0385. The fourth-order valence-corrected chi connectivity index (χ4v) is 5.26. The van der Waals surface area contributed by atoms with Gasteiger partial charge in [0.15, 0.2) is 0 Å². The summed E-state index contributed by atoms with van der Waals surface area (Å²) in [6, 6.07) is 14.8. The van der Waals surface area contributed by atoms with Crippen LogP contribution in [0.2, 0.25) is 0 Å². The molecule has 2 aromatic rings. The van der Waals surface area contributed by atoms with E-state index in [-0.39, 0.29) is 19.1 Å². The van der Waals surface area contributed by atoms with Crippen LogP contribution in [-0.4, -0.2) is 54.0 Å². The highest BCUT2D eigenvalue weighted by atomic mass is 16.5. The van der Waals surface area contributed by atoms with Gasteiger partial charge in [-0.3, -0.25) is 4.79 Å². The number of benzene rings is 2. The molecular weight excluding hydrogens is 448 g/mol. The van der Waals surface area contributed by atoms with Gasteiger partial charge in [-0.2, -0.15) is 0 Å². The molecule has 0 saturated heterocycles. The first kappa shape index (κ1) is 24.7. The van der Waals surface area contributed by atoms with E-state index in [0.29, 0.717) is 12.3 Å². The van der Waals surface area contributed by atoms with Crippen LogP contribution < -0.4 is 10.6 Å². The largest absolute Gasteiger partial charge is 0.480 e. The van der Waals surface area contributed by atoms with Crippen LogP contribution in [0.5, 0.6) is 0 Å². The number of aliphatic hydroxyl groups excluding tert-OH is 1. The second-order valence-electron chi connectivity index (χ2n) is 9.37. The summed E-state index contributed by atoms with van der Waals surface area (Å²) >= 11 is 0. The quantitative estimate of drug-likeness (QED) is 0.414. The van der Waals surface area contributed by atoms with E-state index in [2.05, 4.69) is 22.8 Å².